The normalized spacial score (nSPS) is 8.22. The molecule has 0 atom stereocenters. The summed E-state index contributed by atoms with van der Waals surface area (Å²) in [6, 6.07) is 3.40. The topological polar surface area (TPSA) is 0 Å². The number of hydrogen-bond acceptors (Lipinski definition) is 0. The highest BCUT2D eigenvalue weighted by Crippen LogP contribution is 2.18. The Morgan fingerprint density at radius 1 is 0.722 bits per heavy atom. The van der Waals surface area contributed by atoms with Gasteiger partial charge in [0.15, 0.2) is 11.6 Å². The summed E-state index contributed by atoms with van der Waals surface area (Å²) >= 11 is 0. The van der Waals surface area contributed by atoms with Crippen molar-refractivity contribution >= 4 is 0 Å². The van der Waals surface area contributed by atoms with Gasteiger partial charge in [0.05, 0.1) is 0 Å². The van der Waals surface area contributed by atoms with Gasteiger partial charge in [-0.1, -0.05) is 68.5 Å². The maximum atomic E-state index is 13.4. The van der Waals surface area contributed by atoms with Crippen molar-refractivity contribution in [2.75, 3.05) is 0 Å². The van der Waals surface area contributed by atoms with Crippen molar-refractivity contribution in [1.82, 2.24) is 0 Å². The minimum atomic E-state index is -0.655. The maximum Gasteiger partial charge on any atom is 0.162 e. The van der Waals surface area contributed by atoms with Crippen molar-refractivity contribution in [3.05, 3.63) is 34.9 Å². The van der Waals surface area contributed by atoms with E-state index in [1.54, 1.807) is 12.1 Å². The number of aryl methyl sites for hydroxylation is 2. The minimum Gasteiger partial charge on any atom is -0.203 e. The molecule has 110 valence electrons. The van der Waals surface area contributed by atoms with E-state index in [4.69, 9.17) is 0 Å². The molecule has 0 nitrogen and oxygen atoms in total. The van der Waals surface area contributed by atoms with E-state index in [9.17, 15) is 8.78 Å². The van der Waals surface area contributed by atoms with E-state index in [0.29, 0.717) is 24.0 Å². The zero-order valence-corrected chi connectivity index (χ0v) is 8.74. The lowest BCUT2D eigenvalue weighted by atomic mass is 10.0. The Morgan fingerprint density at radius 2 is 1.00 bits per heavy atom. The van der Waals surface area contributed by atoms with E-state index in [2.05, 4.69) is 0 Å². The molecule has 2 heteroatoms. The van der Waals surface area contributed by atoms with Crippen LogP contribution in [0.1, 0.15) is 67.5 Å². The van der Waals surface area contributed by atoms with Crippen LogP contribution in [0.15, 0.2) is 12.1 Å². The molecule has 1 aromatic carbocycles. The van der Waals surface area contributed by atoms with Crippen LogP contribution in [0, 0.1) is 11.6 Å². The van der Waals surface area contributed by atoms with Crippen molar-refractivity contribution in [3.8, 4) is 0 Å². The molecule has 0 amide bonds. The fraction of sp³-hybridized carbons (Fsp3) is 0.625. The van der Waals surface area contributed by atoms with E-state index in [-0.39, 0.29) is 29.7 Å². The van der Waals surface area contributed by atoms with Crippen LogP contribution < -0.4 is 0 Å². The average molecular weight is 262 g/mol. The van der Waals surface area contributed by atoms with E-state index < -0.39 is 11.6 Å². The third-order valence-corrected chi connectivity index (χ3v) is 2.28. The third kappa shape index (κ3) is 6.13. The molecule has 1 rings (SSSR count). The van der Waals surface area contributed by atoms with Crippen molar-refractivity contribution < 1.29 is 8.78 Å². The Balaban J connectivity index is -0.000000245. The molecule has 0 bridgehead atoms. The molecule has 18 heavy (non-hydrogen) atoms. The quantitative estimate of drug-likeness (QED) is 0.587. The SMILES string of the molecule is C.C.C.C.CCCc1ccc(CCC)c(F)c1F. The van der Waals surface area contributed by atoms with Crippen LogP contribution in [0.25, 0.3) is 0 Å². The van der Waals surface area contributed by atoms with Crippen molar-refractivity contribution in [1.29, 1.82) is 0 Å². The van der Waals surface area contributed by atoms with E-state index in [1.165, 1.54) is 0 Å². The molecule has 0 aromatic heterocycles. The lowest BCUT2D eigenvalue weighted by Crippen LogP contribution is -1.99. The second-order valence-electron chi connectivity index (χ2n) is 3.51. The lowest BCUT2D eigenvalue weighted by molar-refractivity contribution is 0.488. The van der Waals surface area contributed by atoms with Gasteiger partial charge < -0.3 is 0 Å². The van der Waals surface area contributed by atoms with Crippen molar-refractivity contribution in [3.63, 3.8) is 0 Å². The second-order valence-corrected chi connectivity index (χ2v) is 3.51. The second kappa shape index (κ2) is 12.5. The van der Waals surface area contributed by atoms with Gasteiger partial charge >= 0.3 is 0 Å². The van der Waals surface area contributed by atoms with Crippen LogP contribution in [0.2, 0.25) is 0 Å². The van der Waals surface area contributed by atoms with Crippen LogP contribution >= 0.6 is 0 Å². The Kier molecular flexibility index (Phi) is 18.0. The first-order chi connectivity index (χ1) is 6.70. The summed E-state index contributed by atoms with van der Waals surface area (Å²) in [5.41, 5.74) is 0.981. The van der Waals surface area contributed by atoms with Gasteiger partial charge in [-0.15, -0.1) is 0 Å². The number of rotatable bonds is 4. The van der Waals surface area contributed by atoms with Crippen LogP contribution in [-0.4, -0.2) is 0 Å². The molecule has 0 unspecified atom stereocenters. The van der Waals surface area contributed by atoms with E-state index in [0.717, 1.165) is 12.8 Å². The molecule has 0 spiro atoms. The van der Waals surface area contributed by atoms with Gasteiger partial charge in [0.25, 0.3) is 0 Å². The van der Waals surface area contributed by atoms with Gasteiger partial charge in [0.2, 0.25) is 0 Å². The molecule has 0 heterocycles. The molecule has 0 aliphatic heterocycles. The molecule has 0 radical (unpaired) electrons. The molecule has 0 aliphatic carbocycles. The fourth-order valence-corrected chi connectivity index (χ4v) is 1.55. The number of hydrogen-bond donors (Lipinski definition) is 0. The van der Waals surface area contributed by atoms with E-state index in [1.807, 2.05) is 13.8 Å². The lowest BCUT2D eigenvalue weighted by Gasteiger charge is -2.06. The summed E-state index contributed by atoms with van der Waals surface area (Å²) in [6.45, 7) is 3.91. The summed E-state index contributed by atoms with van der Waals surface area (Å²) in [4.78, 5) is 0. The van der Waals surface area contributed by atoms with Crippen LogP contribution in [-0.2, 0) is 12.8 Å². The molecule has 0 saturated heterocycles. The van der Waals surface area contributed by atoms with Crippen molar-refractivity contribution in [2.24, 2.45) is 0 Å². The predicted molar refractivity (Wildman–Crippen MR) is 81.3 cm³/mol. The summed E-state index contributed by atoms with van der Waals surface area (Å²) in [6.07, 6.45) is 2.89. The average Bonchev–Trinajstić information content (AvgIpc) is 2.18. The van der Waals surface area contributed by atoms with Crippen molar-refractivity contribution in [2.45, 2.75) is 69.2 Å². The van der Waals surface area contributed by atoms with Gasteiger partial charge in [0.1, 0.15) is 0 Å². The van der Waals surface area contributed by atoms with Gasteiger partial charge in [-0.25, -0.2) is 8.78 Å². The van der Waals surface area contributed by atoms with Gasteiger partial charge in [-0.05, 0) is 24.0 Å². The maximum absolute atomic E-state index is 13.4. The Bertz CT molecular complexity index is 275. The van der Waals surface area contributed by atoms with Gasteiger partial charge in [-0.3, -0.25) is 0 Å². The van der Waals surface area contributed by atoms with Crippen LogP contribution in [0.4, 0.5) is 8.78 Å². The largest absolute Gasteiger partial charge is 0.203 e. The Hall–Kier alpha value is -0.920. The molecule has 1 aromatic rings. The summed E-state index contributed by atoms with van der Waals surface area (Å²) in [5.74, 6) is -1.31. The van der Waals surface area contributed by atoms with Gasteiger partial charge in [0, 0.05) is 0 Å². The van der Waals surface area contributed by atoms with Gasteiger partial charge in [-0.2, -0.15) is 0 Å². The molecular formula is C16H32F2. The van der Waals surface area contributed by atoms with E-state index >= 15 is 0 Å². The first kappa shape index (κ1) is 25.8. The Labute approximate surface area is 113 Å². The third-order valence-electron chi connectivity index (χ3n) is 2.28. The first-order valence-corrected chi connectivity index (χ1v) is 5.16. The standard InChI is InChI=1S/C12H16F2.4CH4/c1-3-5-9-7-8-10(6-4-2)12(14)11(9)13;;;;/h7-8H,3-6H2,1-2H3;4*1H4. The monoisotopic (exact) mass is 262 g/mol. The summed E-state index contributed by atoms with van der Waals surface area (Å²) in [7, 11) is 0. The summed E-state index contributed by atoms with van der Waals surface area (Å²) < 4.78 is 26.8. The molecule has 0 fully saturated rings. The summed E-state index contributed by atoms with van der Waals surface area (Å²) in [5, 5.41) is 0. The van der Waals surface area contributed by atoms with Crippen LogP contribution in [0.5, 0.6) is 0 Å². The van der Waals surface area contributed by atoms with Crippen LogP contribution in [0.3, 0.4) is 0 Å². The highest BCUT2D eigenvalue weighted by molar-refractivity contribution is 5.26. The first-order valence-electron chi connectivity index (χ1n) is 5.16. The zero-order chi connectivity index (χ0) is 10.6. The Morgan fingerprint density at radius 3 is 1.22 bits per heavy atom. The number of halogens is 2. The predicted octanol–water partition coefficient (Wildman–Crippen LogP) is 6.41. The fourth-order valence-electron chi connectivity index (χ4n) is 1.55. The smallest absolute Gasteiger partial charge is 0.162 e. The molecule has 0 N–H and O–H groups in total. The highest BCUT2D eigenvalue weighted by atomic mass is 19.2. The molecule has 0 aliphatic rings. The zero-order valence-electron chi connectivity index (χ0n) is 8.74. The molecule has 0 saturated carbocycles. The number of benzene rings is 1. The highest BCUT2D eigenvalue weighted by Gasteiger charge is 2.11. The molecular weight excluding hydrogens is 230 g/mol. The minimum absolute atomic E-state index is 0.